The lowest BCUT2D eigenvalue weighted by molar-refractivity contribution is 0.524. The smallest absolute Gasteiger partial charge is 0.330 e. The minimum Gasteiger partial charge on any atom is -0.330 e. The van der Waals surface area contributed by atoms with Crippen molar-refractivity contribution in [2.45, 2.75) is 12.8 Å². The molecule has 4 heteroatoms. The summed E-state index contributed by atoms with van der Waals surface area (Å²) in [7, 11) is -1.17. The molecule has 0 radical (unpaired) electrons. The normalized spacial score (nSPS) is 9.08. The SMILES string of the molecule is NCCCc1ccccc1.O=[PH+]O. The molecule has 0 aliphatic heterocycles. The van der Waals surface area contributed by atoms with Crippen LogP contribution in [0.2, 0.25) is 0 Å². The predicted octanol–water partition coefficient (Wildman–Crippen LogP) is 1.50. The zero-order valence-corrected chi connectivity index (χ0v) is 8.44. The van der Waals surface area contributed by atoms with E-state index in [4.69, 9.17) is 15.2 Å². The van der Waals surface area contributed by atoms with Crippen LogP contribution in [0.4, 0.5) is 0 Å². The monoisotopic (exact) mass is 200 g/mol. The molecule has 1 aromatic carbocycles. The fourth-order valence-corrected chi connectivity index (χ4v) is 0.951. The van der Waals surface area contributed by atoms with Gasteiger partial charge in [0, 0.05) is 0 Å². The third kappa shape index (κ3) is 7.60. The van der Waals surface area contributed by atoms with Gasteiger partial charge in [0.25, 0.3) is 0 Å². The van der Waals surface area contributed by atoms with Crippen LogP contribution in [0.1, 0.15) is 12.0 Å². The zero-order chi connectivity index (χ0) is 9.94. The Bertz CT molecular complexity index is 216. The highest BCUT2D eigenvalue weighted by atomic mass is 31.1. The lowest BCUT2D eigenvalue weighted by Gasteiger charge is -1.96. The zero-order valence-electron chi connectivity index (χ0n) is 7.44. The van der Waals surface area contributed by atoms with E-state index in [1.165, 1.54) is 5.56 Å². The van der Waals surface area contributed by atoms with E-state index in [2.05, 4.69) is 24.3 Å². The first-order valence-electron chi connectivity index (χ1n) is 4.10. The van der Waals surface area contributed by atoms with Crippen molar-refractivity contribution in [2.24, 2.45) is 5.73 Å². The van der Waals surface area contributed by atoms with Crippen molar-refractivity contribution in [2.75, 3.05) is 6.54 Å². The molecule has 0 bridgehead atoms. The summed E-state index contributed by atoms with van der Waals surface area (Å²) in [6.07, 6.45) is 2.20. The Balaban J connectivity index is 0.000000424. The van der Waals surface area contributed by atoms with Gasteiger partial charge in [-0.1, -0.05) is 30.3 Å². The Kier molecular flexibility index (Phi) is 8.78. The van der Waals surface area contributed by atoms with Crippen LogP contribution in [-0.4, -0.2) is 11.4 Å². The van der Waals surface area contributed by atoms with Crippen molar-refractivity contribution in [1.29, 1.82) is 0 Å². The van der Waals surface area contributed by atoms with E-state index in [1.807, 2.05) is 6.07 Å². The van der Waals surface area contributed by atoms with Crippen LogP contribution in [-0.2, 0) is 11.0 Å². The average molecular weight is 200 g/mol. The minimum atomic E-state index is -1.17. The van der Waals surface area contributed by atoms with Crippen LogP contribution in [0.3, 0.4) is 0 Å². The van der Waals surface area contributed by atoms with Crippen LogP contribution < -0.4 is 5.73 Å². The first-order chi connectivity index (χ1) is 6.35. The van der Waals surface area contributed by atoms with Gasteiger partial charge in [0.15, 0.2) is 0 Å². The van der Waals surface area contributed by atoms with Crippen molar-refractivity contribution >= 4 is 8.69 Å². The molecule has 1 rings (SSSR count). The van der Waals surface area contributed by atoms with Crippen LogP contribution in [0.25, 0.3) is 0 Å². The molecule has 72 valence electrons. The molecule has 13 heavy (non-hydrogen) atoms. The van der Waals surface area contributed by atoms with Crippen LogP contribution in [0, 0.1) is 0 Å². The molecule has 0 aliphatic carbocycles. The summed E-state index contributed by atoms with van der Waals surface area (Å²) in [6, 6.07) is 10.4. The highest BCUT2D eigenvalue weighted by molar-refractivity contribution is 7.16. The molecule has 0 aromatic heterocycles. The molecule has 0 heterocycles. The minimum absolute atomic E-state index is 0.787. The first-order valence-corrected chi connectivity index (χ1v) is 4.96. The van der Waals surface area contributed by atoms with Crippen molar-refractivity contribution in [3.05, 3.63) is 35.9 Å². The van der Waals surface area contributed by atoms with Gasteiger partial charge in [-0.2, -0.15) is 4.89 Å². The molecule has 0 amide bonds. The topological polar surface area (TPSA) is 63.3 Å². The van der Waals surface area contributed by atoms with Gasteiger partial charge >= 0.3 is 8.69 Å². The van der Waals surface area contributed by atoms with E-state index < -0.39 is 8.69 Å². The van der Waals surface area contributed by atoms with E-state index in [0.29, 0.717) is 0 Å². The summed E-state index contributed by atoms with van der Waals surface area (Å²) in [5.74, 6) is 0. The average Bonchev–Trinajstić information content (AvgIpc) is 2.18. The molecule has 1 unspecified atom stereocenters. The van der Waals surface area contributed by atoms with E-state index in [-0.39, 0.29) is 0 Å². The molecular formula is C9H15NO2P+. The Labute approximate surface area is 79.9 Å². The molecule has 0 saturated heterocycles. The molecule has 0 spiro atoms. The van der Waals surface area contributed by atoms with Crippen LogP contribution in [0.15, 0.2) is 30.3 Å². The van der Waals surface area contributed by atoms with Crippen molar-refractivity contribution in [3.63, 3.8) is 0 Å². The predicted molar refractivity (Wildman–Crippen MR) is 55.0 cm³/mol. The molecule has 1 atom stereocenters. The number of hydrogen-bond donors (Lipinski definition) is 2. The Morgan fingerprint density at radius 3 is 2.31 bits per heavy atom. The highest BCUT2D eigenvalue weighted by Gasteiger charge is 1.87. The summed E-state index contributed by atoms with van der Waals surface area (Å²) < 4.78 is 8.51. The van der Waals surface area contributed by atoms with Gasteiger partial charge in [-0.3, -0.25) is 0 Å². The molecule has 3 nitrogen and oxygen atoms in total. The molecule has 0 saturated carbocycles. The summed E-state index contributed by atoms with van der Waals surface area (Å²) in [6.45, 7) is 0.787. The van der Waals surface area contributed by atoms with Gasteiger partial charge in [0.05, 0.1) is 0 Å². The standard InChI is InChI=1S/C9H13N.HO2P/c10-8-4-7-9-5-2-1-3-6-9;1-3-2/h1-3,5-6H,4,7-8,10H2;3H/p+1. The molecule has 0 fully saturated rings. The summed E-state index contributed by atoms with van der Waals surface area (Å²) >= 11 is 0. The molecule has 1 aromatic rings. The second kappa shape index (κ2) is 9.33. The summed E-state index contributed by atoms with van der Waals surface area (Å²) in [5, 5.41) is 0. The van der Waals surface area contributed by atoms with Gasteiger partial charge in [-0.15, -0.1) is 0 Å². The second-order valence-electron chi connectivity index (χ2n) is 2.47. The van der Waals surface area contributed by atoms with Gasteiger partial charge in [-0.25, -0.2) is 0 Å². The number of benzene rings is 1. The maximum Gasteiger partial charge on any atom is 0.491 e. The van der Waals surface area contributed by atoms with Gasteiger partial charge in [0.1, 0.15) is 0 Å². The van der Waals surface area contributed by atoms with Crippen molar-refractivity contribution < 1.29 is 9.46 Å². The van der Waals surface area contributed by atoms with E-state index in [9.17, 15) is 0 Å². The lowest BCUT2D eigenvalue weighted by atomic mass is 10.1. The third-order valence-electron chi connectivity index (χ3n) is 1.51. The van der Waals surface area contributed by atoms with Gasteiger partial charge < -0.3 is 5.73 Å². The van der Waals surface area contributed by atoms with E-state index in [0.717, 1.165) is 19.4 Å². The number of rotatable bonds is 3. The number of hydrogen-bond acceptors (Lipinski definition) is 2. The van der Waals surface area contributed by atoms with Gasteiger partial charge in [-0.05, 0) is 29.5 Å². The van der Waals surface area contributed by atoms with Crippen LogP contribution in [0.5, 0.6) is 0 Å². The second-order valence-corrected chi connectivity index (χ2v) is 2.65. The maximum absolute atomic E-state index is 8.51. The molecular weight excluding hydrogens is 185 g/mol. The first kappa shape index (κ1) is 12.2. The maximum atomic E-state index is 8.51. The number of aryl methyl sites for hydroxylation is 1. The Morgan fingerprint density at radius 2 is 1.85 bits per heavy atom. The van der Waals surface area contributed by atoms with Crippen molar-refractivity contribution in [3.8, 4) is 0 Å². The Hall–Kier alpha value is -0.760. The summed E-state index contributed by atoms with van der Waals surface area (Å²) in [4.78, 5) is 7.04. The molecule has 0 aliphatic rings. The van der Waals surface area contributed by atoms with Crippen molar-refractivity contribution in [1.82, 2.24) is 0 Å². The van der Waals surface area contributed by atoms with E-state index in [1.54, 1.807) is 0 Å². The highest BCUT2D eigenvalue weighted by Crippen LogP contribution is 2.00. The lowest BCUT2D eigenvalue weighted by Crippen LogP contribution is -1.99. The largest absolute Gasteiger partial charge is 0.491 e. The quantitative estimate of drug-likeness (QED) is 0.726. The Morgan fingerprint density at radius 1 is 1.31 bits per heavy atom. The fourth-order valence-electron chi connectivity index (χ4n) is 0.951. The molecule has 3 N–H and O–H groups in total. The van der Waals surface area contributed by atoms with Crippen LogP contribution >= 0.6 is 8.69 Å². The number of nitrogens with two attached hydrogens (primary N) is 1. The van der Waals surface area contributed by atoms with Gasteiger partial charge in [0.2, 0.25) is 0 Å². The summed E-state index contributed by atoms with van der Waals surface area (Å²) in [5.41, 5.74) is 6.76. The van der Waals surface area contributed by atoms with E-state index >= 15 is 0 Å². The fraction of sp³-hybridized carbons (Fsp3) is 0.333. The third-order valence-corrected chi connectivity index (χ3v) is 1.51.